The lowest BCUT2D eigenvalue weighted by molar-refractivity contribution is 0.250. The molecule has 92 valence electrons. The molecule has 0 amide bonds. The maximum Gasteiger partial charge on any atom is 0.00350 e. The summed E-state index contributed by atoms with van der Waals surface area (Å²) in [5.74, 6) is 0. The van der Waals surface area contributed by atoms with Gasteiger partial charge in [-0.3, -0.25) is 0 Å². The maximum atomic E-state index is 6.05. The van der Waals surface area contributed by atoms with Gasteiger partial charge in [0.2, 0.25) is 0 Å². The van der Waals surface area contributed by atoms with Crippen LogP contribution in [-0.2, 0) is 0 Å². The number of rotatable bonds is 3. The summed E-state index contributed by atoms with van der Waals surface area (Å²) in [6.07, 6.45) is 8.88. The molecule has 1 aliphatic rings. The van der Waals surface area contributed by atoms with Crippen LogP contribution in [-0.4, -0.2) is 6.54 Å². The van der Waals surface area contributed by atoms with Gasteiger partial charge in [-0.15, -0.1) is 0 Å². The molecular formula is C16H23N. The summed E-state index contributed by atoms with van der Waals surface area (Å²) in [7, 11) is 0. The highest BCUT2D eigenvalue weighted by atomic mass is 14.6. The lowest BCUT2D eigenvalue weighted by Crippen LogP contribution is -2.33. The van der Waals surface area contributed by atoms with Crippen molar-refractivity contribution < 1.29 is 0 Å². The van der Waals surface area contributed by atoms with Gasteiger partial charge in [0.15, 0.2) is 0 Å². The van der Waals surface area contributed by atoms with E-state index in [9.17, 15) is 0 Å². The molecule has 0 radical (unpaired) electrons. The summed E-state index contributed by atoms with van der Waals surface area (Å²) in [5.41, 5.74) is 9.08. The van der Waals surface area contributed by atoms with Crippen LogP contribution >= 0.6 is 0 Å². The van der Waals surface area contributed by atoms with E-state index in [0.29, 0.717) is 0 Å². The Morgan fingerprint density at radius 1 is 1.18 bits per heavy atom. The lowest BCUT2D eigenvalue weighted by atomic mass is 9.69. The van der Waals surface area contributed by atoms with Gasteiger partial charge in [0.1, 0.15) is 0 Å². The van der Waals surface area contributed by atoms with Crippen LogP contribution in [0.25, 0.3) is 6.08 Å². The van der Waals surface area contributed by atoms with Crippen LogP contribution in [0.4, 0.5) is 0 Å². The molecule has 0 atom stereocenters. The minimum Gasteiger partial charge on any atom is -0.330 e. The molecule has 1 nitrogen and oxygen atoms in total. The first-order valence-electron chi connectivity index (χ1n) is 6.71. The summed E-state index contributed by atoms with van der Waals surface area (Å²) in [5, 5.41) is 0. The van der Waals surface area contributed by atoms with Gasteiger partial charge < -0.3 is 5.73 Å². The van der Waals surface area contributed by atoms with E-state index >= 15 is 0 Å². The standard InChI is InChI=1S/C16H23N/c1-14(12-15-8-4-2-5-9-15)16(13-17)10-6-3-7-11-16/h2,4-5,8-9,12H,3,6-7,10-11,13,17H2,1H3/b14-12-. The Morgan fingerprint density at radius 3 is 2.41 bits per heavy atom. The van der Waals surface area contributed by atoms with Crippen LogP contribution < -0.4 is 5.73 Å². The van der Waals surface area contributed by atoms with Crippen molar-refractivity contribution in [1.29, 1.82) is 0 Å². The predicted octanol–water partition coefficient (Wildman–Crippen LogP) is 4.00. The van der Waals surface area contributed by atoms with E-state index < -0.39 is 0 Å². The highest BCUT2D eigenvalue weighted by Crippen LogP contribution is 2.42. The number of benzene rings is 1. The first-order valence-corrected chi connectivity index (χ1v) is 6.71. The molecule has 0 aliphatic heterocycles. The Morgan fingerprint density at radius 2 is 1.82 bits per heavy atom. The third-order valence-corrected chi connectivity index (χ3v) is 4.22. The van der Waals surface area contributed by atoms with Crippen LogP contribution in [0.5, 0.6) is 0 Å². The van der Waals surface area contributed by atoms with Crippen molar-refractivity contribution in [2.45, 2.75) is 39.0 Å². The fraction of sp³-hybridized carbons (Fsp3) is 0.500. The molecule has 0 saturated heterocycles. The zero-order chi connectivity index (χ0) is 12.1. The van der Waals surface area contributed by atoms with Crippen molar-refractivity contribution in [2.24, 2.45) is 11.1 Å². The van der Waals surface area contributed by atoms with E-state index in [1.165, 1.54) is 43.2 Å². The topological polar surface area (TPSA) is 26.0 Å². The summed E-state index contributed by atoms with van der Waals surface area (Å²) in [6, 6.07) is 10.6. The highest BCUT2D eigenvalue weighted by Gasteiger charge is 2.31. The highest BCUT2D eigenvalue weighted by molar-refractivity contribution is 5.53. The molecule has 1 saturated carbocycles. The summed E-state index contributed by atoms with van der Waals surface area (Å²) < 4.78 is 0. The van der Waals surface area contributed by atoms with Gasteiger partial charge >= 0.3 is 0 Å². The molecule has 0 aromatic heterocycles. The fourth-order valence-corrected chi connectivity index (χ4v) is 2.94. The first kappa shape index (κ1) is 12.4. The van der Waals surface area contributed by atoms with Crippen LogP contribution in [0.3, 0.4) is 0 Å². The molecule has 1 aromatic carbocycles. The quantitative estimate of drug-likeness (QED) is 0.833. The second kappa shape index (κ2) is 5.50. The molecule has 2 N–H and O–H groups in total. The minimum absolute atomic E-state index is 0.272. The molecule has 1 fully saturated rings. The van der Waals surface area contributed by atoms with Crippen LogP contribution in [0.15, 0.2) is 35.9 Å². The Labute approximate surface area is 105 Å². The van der Waals surface area contributed by atoms with Gasteiger partial charge in [0, 0.05) is 12.0 Å². The molecule has 0 bridgehead atoms. The average Bonchev–Trinajstić information content (AvgIpc) is 2.40. The van der Waals surface area contributed by atoms with E-state index in [2.05, 4.69) is 43.3 Å². The van der Waals surface area contributed by atoms with Crippen LogP contribution in [0, 0.1) is 5.41 Å². The van der Waals surface area contributed by atoms with E-state index in [0.717, 1.165) is 6.54 Å². The molecule has 17 heavy (non-hydrogen) atoms. The van der Waals surface area contributed by atoms with Gasteiger partial charge in [0.25, 0.3) is 0 Å². The fourth-order valence-electron chi connectivity index (χ4n) is 2.94. The third-order valence-electron chi connectivity index (χ3n) is 4.22. The van der Waals surface area contributed by atoms with Crippen molar-refractivity contribution in [1.82, 2.24) is 0 Å². The van der Waals surface area contributed by atoms with E-state index in [1.807, 2.05) is 0 Å². The maximum absolute atomic E-state index is 6.05. The number of nitrogens with two attached hydrogens (primary N) is 1. The molecule has 0 unspecified atom stereocenters. The molecule has 0 spiro atoms. The molecule has 1 aliphatic carbocycles. The van der Waals surface area contributed by atoms with E-state index in [4.69, 9.17) is 5.73 Å². The van der Waals surface area contributed by atoms with Gasteiger partial charge in [-0.25, -0.2) is 0 Å². The number of hydrogen-bond acceptors (Lipinski definition) is 1. The summed E-state index contributed by atoms with van der Waals surface area (Å²) in [4.78, 5) is 0. The largest absolute Gasteiger partial charge is 0.330 e. The van der Waals surface area contributed by atoms with Gasteiger partial charge in [0.05, 0.1) is 0 Å². The van der Waals surface area contributed by atoms with Crippen molar-refractivity contribution in [3.63, 3.8) is 0 Å². The second-order valence-electron chi connectivity index (χ2n) is 5.28. The van der Waals surface area contributed by atoms with Crippen LogP contribution in [0.2, 0.25) is 0 Å². The Kier molecular flexibility index (Phi) is 4.01. The predicted molar refractivity (Wildman–Crippen MR) is 74.7 cm³/mol. The normalized spacial score (nSPS) is 20.2. The Balaban J connectivity index is 2.22. The monoisotopic (exact) mass is 229 g/mol. The average molecular weight is 229 g/mol. The van der Waals surface area contributed by atoms with E-state index in [1.54, 1.807) is 0 Å². The van der Waals surface area contributed by atoms with Crippen molar-refractivity contribution in [3.05, 3.63) is 41.5 Å². The van der Waals surface area contributed by atoms with Crippen molar-refractivity contribution >= 4 is 6.08 Å². The third kappa shape index (κ3) is 2.78. The molecule has 1 heteroatoms. The molecule has 0 heterocycles. The zero-order valence-electron chi connectivity index (χ0n) is 10.8. The number of hydrogen-bond donors (Lipinski definition) is 1. The second-order valence-corrected chi connectivity index (χ2v) is 5.28. The Bertz CT molecular complexity index is 372. The SMILES string of the molecule is C/C(=C/c1ccccc1)C1(CN)CCCCC1. The van der Waals surface area contributed by atoms with Crippen molar-refractivity contribution in [3.8, 4) is 0 Å². The first-order chi connectivity index (χ1) is 8.27. The van der Waals surface area contributed by atoms with Crippen molar-refractivity contribution in [2.75, 3.05) is 6.54 Å². The molecule has 1 aromatic rings. The van der Waals surface area contributed by atoms with Gasteiger partial charge in [-0.2, -0.15) is 0 Å². The smallest absolute Gasteiger partial charge is 0.00350 e. The molecular weight excluding hydrogens is 206 g/mol. The van der Waals surface area contributed by atoms with Gasteiger partial charge in [-0.1, -0.05) is 61.2 Å². The molecule has 2 rings (SSSR count). The summed E-state index contributed by atoms with van der Waals surface area (Å²) >= 11 is 0. The van der Waals surface area contributed by atoms with Gasteiger partial charge in [-0.05, 0) is 25.3 Å². The zero-order valence-corrected chi connectivity index (χ0v) is 10.8. The van der Waals surface area contributed by atoms with E-state index in [-0.39, 0.29) is 5.41 Å². The lowest BCUT2D eigenvalue weighted by Gasteiger charge is -2.37. The Hall–Kier alpha value is -1.08. The minimum atomic E-state index is 0.272. The van der Waals surface area contributed by atoms with Crippen LogP contribution in [0.1, 0.15) is 44.6 Å². The summed E-state index contributed by atoms with van der Waals surface area (Å²) in [6.45, 7) is 3.05.